The molecular formula is C35H39N3O5S. The predicted molar refractivity (Wildman–Crippen MR) is 173 cm³/mol. The van der Waals surface area contributed by atoms with Crippen molar-refractivity contribution in [1.82, 2.24) is 10.2 Å². The van der Waals surface area contributed by atoms with E-state index in [0.717, 1.165) is 15.4 Å². The van der Waals surface area contributed by atoms with Crippen molar-refractivity contribution < 1.29 is 22.7 Å². The molecule has 0 saturated heterocycles. The summed E-state index contributed by atoms with van der Waals surface area (Å²) in [5.41, 5.74) is 1.96. The van der Waals surface area contributed by atoms with E-state index in [1.54, 1.807) is 42.5 Å². The highest BCUT2D eigenvalue weighted by Crippen LogP contribution is 2.28. The molecule has 1 unspecified atom stereocenters. The van der Waals surface area contributed by atoms with Gasteiger partial charge in [-0.3, -0.25) is 13.9 Å². The van der Waals surface area contributed by atoms with Crippen LogP contribution >= 0.6 is 0 Å². The van der Waals surface area contributed by atoms with Gasteiger partial charge in [-0.1, -0.05) is 98.8 Å². The monoisotopic (exact) mass is 613 g/mol. The molecule has 4 aromatic rings. The number of nitrogens with zero attached hydrogens (tertiary/aromatic N) is 2. The van der Waals surface area contributed by atoms with Crippen LogP contribution < -0.4 is 14.4 Å². The van der Waals surface area contributed by atoms with Crippen LogP contribution in [0, 0.1) is 5.92 Å². The molecule has 0 heterocycles. The molecule has 0 aromatic heterocycles. The van der Waals surface area contributed by atoms with Gasteiger partial charge in [0.2, 0.25) is 11.8 Å². The molecule has 44 heavy (non-hydrogen) atoms. The van der Waals surface area contributed by atoms with E-state index in [4.69, 9.17) is 4.74 Å². The maximum Gasteiger partial charge on any atom is 0.264 e. The second-order valence-corrected chi connectivity index (χ2v) is 12.7. The van der Waals surface area contributed by atoms with E-state index in [0.29, 0.717) is 12.3 Å². The maximum absolute atomic E-state index is 14.4. The van der Waals surface area contributed by atoms with Gasteiger partial charge in [0.05, 0.1) is 17.7 Å². The third kappa shape index (κ3) is 8.48. The normalized spacial score (nSPS) is 11.9. The number of hydrogen-bond donors (Lipinski definition) is 1. The molecule has 0 aliphatic rings. The van der Waals surface area contributed by atoms with Crippen molar-refractivity contribution >= 4 is 27.5 Å². The number of sulfonamides is 1. The van der Waals surface area contributed by atoms with Crippen LogP contribution in [-0.4, -0.2) is 51.4 Å². The van der Waals surface area contributed by atoms with Gasteiger partial charge >= 0.3 is 0 Å². The van der Waals surface area contributed by atoms with Gasteiger partial charge < -0.3 is 15.0 Å². The zero-order valence-electron chi connectivity index (χ0n) is 25.3. The van der Waals surface area contributed by atoms with Gasteiger partial charge in [-0.25, -0.2) is 8.42 Å². The summed E-state index contributed by atoms with van der Waals surface area (Å²) in [5.74, 6) is -0.170. The van der Waals surface area contributed by atoms with Crippen LogP contribution in [0.15, 0.2) is 120 Å². The lowest BCUT2D eigenvalue weighted by Gasteiger charge is -2.34. The van der Waals surface area contributed by atoms with Crippen molar-refractivity contribution in [2.75, 3.05) is 24.5 Å². The molecule has 0 bridgehead atoms. The highest BCUT2D eigenvalue weighted by Gasteiger charge is 2.34. The molecule has 9 heteroatoms. The summed E-state index contributed by atoms with van der Waals surface area (Å²) in [4.78, 5) is 29.8. The van der Waals surface area contributed by atoms with Crippen molar-refractivity contribution in [3.8, 4) is 5.75 Å². The number of benzene rings is 4. The number of ether oxygens (including phenoxy) is 1. The fraction of sp³-hybridized carbons (Fsp3) is 0.257. The number of anilines is 1. The maximum atomic E-state index is 14.4. The van der Waals surface area contributed by atoms with Gasteiger partial charge in [0.25, 0.3) is 10.0 Å². The molecule has 1 N–H and O–H groups in total. The summed E-state index contributed by atoms with van der Waals surface area (Å²) in [5, 5.41) is 3.00. The molecule has 0 aliphatic heterocycles. The first kappa shape index (κ1) is 32.3. The lowest BCUT2D eigenvalue weighted by Crippen LogP contribution is -2.53. The number of nitrogens with one attached hydrogen (secondary N) is 1. The summed E-state index contributed by atoms with van der Waals surface area (Å²) < 4.78 is 34.6. The summed E-state index contributed by atoms with van der Waals surface area (Å²) in [7, 11) is -2.69. The largest absolute Gasteiger partial charge is 0.497 e. The second kappa shape index (κ2) is 15.2. The van der Waals surface area contributed by atoms with E-state index in [2.05, 4.69) is 5.32 Å². The fourth-order valence-corrected chi connectivity index (χ4v) is 6.20. The van der Waals surface area contributed by atoms with Crippen molar-refractivity contribution in [3.05, 3.63) is 126 Å². The Morgan fingerprint density at radius 1 is 0.795 bits per heavy atom. The highest BCUT2D eigenvalue weighted by atomic mass is 32.2. The zero-order valence-corrected chi connectivity index (χ0v) is 26.1. The first-order valence-electron chi connectivity index (χ1n) is 14.6. The summed E-state index contributed by atoms with van der Waals surface area (Å²) in [6, 6.07) is 32.5. The molecule has 230 valence electrons. The summed E-state index contributed by atoms with van der Waals surface area (Å²) >= 11 is 0. The van der Waals surface area contributed by atoms with E-state index < -0.39 is 28.5 Å². The van der Waals surface area contributed by atoms with Crippen LogP contribution in [0.2, 0.25) is 0 Å². The van der Waals surface area contributed by atoms with Gasteiger partial charge in [-0.2, -0.15) is 0 Å². The van der Waals surface area contributed by atoms with E-state index >= 15 is 0 Å². The van der Waals surface area contributed by atoms with Crippen LogP contribution in [0.5, 0.6) is 5.75 Å². The summed E-state index contributed by atoms with van der Waals surface area (Å²) in [6.45, 7) is 4.03. The molecule has 2 amide bonds. The zero-order chi connectivity index (χ0) is 31.5. The Morgan fingerprint density at radius 3 is 1.98 bits per heavy atom. The van der Waals surface area contributed by atoms with Gasteiger partial charge in [0.1, 0.15) is 18.3 Å². The molecule has 1 atom stereocenters. The quantitative estimate of drug-likeness (QED) is 0.208. The van der Waals surface area contributed by atoms with Gasteiger partial charge in [-0.15, -0.1) is 0 Å². The van der Waals surface area contributed by atoms with Crippen LogP contribution in [-0.2, 0) is 32.6 Å². The molecule has 0 radical (unpaired) electrons. The van der Waals surface area contributed by atoms with Crippen LogP contribution in [0.3, 0.4) is 0 Å². The van der Waals surface area contributed by atoms with E-state index in [1.807, 2.05) is 74.5 Å². The Balaban J connectivity index is 1.79. The predicted octanol–water partition coefficient (Wildman–Crippen LogP) is 5.30. The Labute approximate surface area is 260 Å². The minimum absolute atomic E-state index is 0.0424. The van der Waals surface area contributed by atoms with Crippen LogP contribution in [0.25, 0.3) is 0 Å². The number of carbonyl (C=O) groups is 2. The van der Waals surface area contributed by atoms with Crippen LogP contribution in [0.1, 0.15) is 25.0 Å². The molecule has 8 nitrogen and oxygen atoms in total. The van der Waals surface area contributed by atoms with E-state index in [9.17, 15) is 18.0 Å². The van der Waals surface area contributed by atoms with Gasteiger partial charge in [-0.05, 0) is 41.3 Å². The molecule has 4 rings (SSSR count). The number of hydrogen-bond acceptors (Lipinski definition) is 5. The lowest BCUT2D eigenvalue weighted by molar-refractivity contribution is -0.140. The smallest absolute Gasteiger partial charge is 0.264 e. The van der Waals surface area contributed by atoms with Gasteiger partial charge in [0.15, 0.2) is 0 Å². The number of carbonyl (C=O) groups excluding carboxylic acids is 2. The van der Waals surface area contributed by atoms with Crippen molar-refractivity contribution in [2.45, 2.75) is 37.8 Å². The number of rotatable bonds is 14. The van der Waals surface area contributed by atoms with Crippen molar-refractivity contribution in [2.24, 2.45) is 5.92 Å². The minimum atomic E-state index is -4.18. The highest BCUT2D eigenvalue weighted by molar-refractivity contribution is 7.92. The second-order valence-electron chi connectivity index (χ2n) is 10.9. The Kier molecular flexibility index (Phi) is 11.2. The standard InChI is InChI=1S/C35H39N3O5S/c1-27(2)24-36-35(40)33(22-28-14-7-4-8-15-28)37(25-29-16-9-5-10-17-29)34(39)26-38(30-18-13-19-31(23-30)43-3)44(41,42)32-20-11-6-12-21-32/h4-21,23,27,33H,22,24-26H2,1-3H3,(H,36,40). The first-order valence-corrected chi connectivity index (χ1v) is 16.0. The van der Waals surface area contributed by atoms with Crippen molar-refractivity contribution in [1.29, 1.82) is 0 Å². The average molecular weight is 614 g/mol. The SMILES string of the molecule is COc1cccc(N(CC(=O)N(Cc2ccccc2)C(Cc2ccccc2)C(=O)NCC(C)C)S(=O)(=O)c2ccccc2)c1. The Bertz CT molecular complexity index is 1610. The van der Waals surface area contributed by atoms with E-state index in [-0.39, 0.29) is 35.4 Å². The Morgan fingerprint density at radius 2 is 1.39 bits per heavy atom. The molecule has 0 saturated carbocycles. The first-order chi connectivity index (χ1) is 21.2. The fourth-order valence-electron chi connectivity index (χ4n) is 4.77. The molecule has 0 fully saturated rings. The number of amides is 2. The van der Waals surface area contributed by atoms with E-state index in [1.165, 1.54) is 24.1 Å². The third-order valence-corrected chi connectivity index (χ3v) is 8.89. The summed E-state index contributed by atoms with van der Waals surface area (Å²) in [6.07, 6.45) is 0.258. The topological polar surface area (TPSA) is 96.0 Å². The van der Waals surface area contributed by atoms with Gasteiger partial charge in [0, 0.05) is 25.6 Å². The molecule has 0 aliphatic carbocycles. The van der Waals surface area contributed by atoms with Crippen molar-refractivity contribution in [3.63, 3.8) is 0 Å². The third-order valence-electron chi connectivity index (χ3n) is 7.10. The Hall–Kier alpha value is -4.63. The van der Waals surface area contributed by atoms with Crippen LogP contribution in [0.4, 0.5) is 5.69 Å². The number of methoxy groups -OCH3 is 1. The molecular weight excluding hydrogens is 574 g/mol. The molecule has 0 spiro atoms. The molecule has 4 aromatic carbocycles. The average Bonchev–Trinajstić information content (AvgIpc) is 3.05. The minimum Gasteiger partial charge on any atom is -0.497 e. The lowest BCUT2D eigenvalue weighted by atomic mass is 10.0.